The van der Waals surface area contributed by atoms with E-state index in [2.05, 4.69) is 25.6 Å². The molecule has 208 valence electrons. The van der Waals surface area contributed by atoms with Crippen LogP contribution in [0, 0.1) is 0 Å². The van der Waals surface area contributed by atoms with E-state index in [1.165, 1.54) is 0 Å². The number of aliphatic hydroxyl groups is 1. The van der Waals surface area contributed by atoms with E-state index < -0.39 is 12.0 Å². The molecule has 0 saturated heterocycles. The zero-order valence-corrected chi connectivity index (χ0v) is 23.7. The Balaban J connectivity index is 1.35. The lowest BCUT2D eigenvalue weighted by molar-refractivity contribution is -0.116. The predicted molar refractivity (Wildman–Crippen MR) is 162 cm³/mol. The second kappa shape index (κ2) is 13.0. The molecule has 1 amide bonds. The van der Waals surface area contributed by atoms with Crippen LogP contribution in [0.15, 0.2) is 97.6 Å². The van der Waals surface area contributed by atoms with Gasteiger partial charge in [0.25, 0.3) is 0 Å². The Bertz CT molecular complexity index is 1580. The van der Waals surface area contributed by atoms with Crippen LogP contribution in [-0.4, -0.2) is 43.2 Å². The number of rotatable bonds is 10. The molecular weight excluding hydrogens is 559 g/mol. The summed E-state index contributed by atoms with van der Waals surface area (Å²) < 4.78 is 1.86. The van der Waals surface area contributed by atoms with E-state index in [1.54, 1.807) is 49.8 Å². The highest BCUT2D eigenvalue weighted by Gasteiger charge is 2.23. The number of aliphatic hydroxyl groups excluding tert-OH is 1. The molecule has 2 aromatic heterocycles. The second-order valence-electron chi connectivity index (χ2n) is 9.61. The van der Waals surface area contributed by atoms with Crippen molar-refractivity contribution in [2.75, 3.05) is 17.2 Å². The maximum absolute atomic E-state index is 13.6. The molecule has 0 radical (unpaired) electrons. The molecule has 0 spiro atoms. The van der Waals surface area contributed by atoms with Gasteiger partial charge in [-0.2, -0.15) is 0 Å². The van der Waals surface area contributed by atoms with E-state index in [1.807, 2.05) is 59.3 Å². The molecule has 5 rings (SSSR count). The molecule has 3 N–H and O–H groups in total. The van der Waals surface area contributed by atoms with E-state index in [4.69, 9.17) is 23.2 Å². The summed E-state index contributed by atoms with van der Waals surface area (Å²) in [5.74, 6) is 1.19. The zero-order chi connectivity index (χ0) is 28.8. The Morgan fingerprint density at radius 1 is 0.976 bits per heavy atom. The van der Waals surface area contributed by atoms with Gasteiger partial charge in [0.05, 0.1) is 24.4 Å². The number of halogens is 2. The normalized spacial score (nSPS) is 11.8. The minimum absolute atomic E-state index is 0.176. The highest BCUT2D eigenvalue weighted by atomic mass is 35.5. The average Bonchev–Trinajstić information content (AvgIpc) is 3.42. The molecule has 0 aliphatic heterocycles. The minimum Gasteiger partial charge on any atom is -0.392 e. The van der Waals surface area contributed by atoms with Gasteiger partial charge in [-0.25, -0.2) is 9.97 Å². The molecule has 5 aromatic rings. The van der Waals surface area contributed by atoms with Crippen molar-refractivity contribution in [3.05, 3.63) is 130 Å². The molecule has 0 fully saturated rings. The van der Waals surface area contributed by atoms with Crippen LogP contribution in [0.1, 0.15) is 35.4 Å². The van der Waals surface area contributed by atoms with E-state index in [9.17, 15) is 9.90 Å². The first-order valence-corrected chi connectivity index (χ1v) is 13.8. The SMILES string of the molecule is C[C@H](O)CNc1cncc(-n2ccnc2Cc2cccc(NC(=O)C(c3ccc(Cl)cc3)c3ccc(Cl)cc3)c2)n1. The average molecular weight is 588 g/mol. The number of hydrogen-bond donors (Lipinski definition) is 3. The quantitative estimate of drug-likeness (QED) is 0.182. The maximum atomic E-state index is 13.6. The van der Waals surface area contributed by atoms with Gasteiger partial charge in [-0.15, -0.1) is 0 Å². The first-order valence-electron chi connectivity index (χ1n) is 13.0. The first kappa shape index (κ1) is 28.3. The molecule has 2 heterocycles. The largest absolute Gasteiger partial charge is 0.392 e. The third-order valence-electron chi connectivity index (χ3n) is 6.39. The van der Waals surface area contributed by atoms with Crippen molar-refractivity contribution in [1.82, 2.24) is 19.5 Å². The Labute approximate surface area is 248 Å². The van der Waals surface area contributed by atoms with Crippen LogP contribution < -0.4 is 10.6 Å². The zero-order valence-electron chi connectivity index (χ0n) is 22.2. The maximum Gasteiger partial charge on any atom is 0.236 e. The van der Waals surface area contributed by atoms with Gasteiger partial charge in [0.15, 0.2) is 5.82 Å². The van der Waals surface area contributed by atoms with Crippen molar-refractivity contribution in [3.63, 3.8) is 0 Å². The summed E-state index contributed by atoms with van der Waals surface area (Å²) in [6.07, 6.45) is 6.79. The van der Waals surface area contributed by atoms with Crippen LogP contribution in [0.5, 0.6) is 0 Å². The molecule has 0 aliphatic carbocycles. The third kappa shape index (κ3) is 7.29. The van der Waals surface area contributed by atoms with Crippen molar-refractivity contribution in [2.45, 2.75) is 25.4 Å². The smallest absolute Gasteiger partial charge is 0.236 e. The lowest BCUT2D eigenvalue weighted by Crippen LogP contribution is -2.22. The van der Waals surface area contributed by atoms with Crippen LogP contribution in [0.25, 0.3) is 5.82 Å². The summed E-state index contributed by atoms with van der Waals surface area (Å²) in [6, 6.07) is 22.2. The Kier molecular flexibility index (Phi) is 8.94. The van der Waals surface area contributed by atoms with Gasteiger partial charge in [-0.3, -0.25) is 14.3 Å². The second-order valence-corrected chi connectivity index (χ2v) is 10.5. The number of hydrogen-bond acceptors (Lipinski definition) is 6. The van der Waals surface area contributed by atoms with Gasteiger partial charge < -0.3 is 15.7 Å². The number of amides is 1. The number of carbonyl (C=O) groups excluding carboxylic acids is 1. The molecule has 0 saturated carbocycles. The highest BCUT2D eigenvalue weighted by Crippen LogP contribution is 2.29. The lowest BCUT2D eigenvalue weighted by atomic mass is 9.90. The summed E-state index contributed by atoms with van der Waals surface area (Å²) in [6.45, 7) is 2.06. The number of anilines is 2. The minimum atomic E-state index is -0.555. The van der Waals surface area contributed by atoms with E-state index in [0.717, 1.165) is 22.5 Å². The van der Waals surface area contributed by atoms with E-state index in [-0.39, 0.29) is 5.91 Å². The summed E-state index contributed by atoms with van der Waals surface area (Å²) in [4.78, 5) is 27.0. The van der Waals surface area contributed by atoms with Gasteiger partial charge in [0.1, 0.15) is 11.6 Å². The summed E-state index contributed by atoms with van der Waals surface area (Å²) in [5.41, 5.74) is 3.26. The number of carbonyl (C=O) groups is 1. The fraction of sp³-hybridized carbons (Fsp3) is 0.161. The number of benzene rings is 3. The van der Waals surface area contributed by atoms with Gasteiger partial charge in [0.2, 0.25) is 5.91 Å². The molecular formula is C31H28Cl2N6O2. The van der Waals surface area contributed by atoms with Crippen molar-refractivity contribution < 1.29 is 9.90 Å². The monoisotopic (exact) mass is 586 g/mol. The third-order valence-corrected chi connectivity index (χ3v) is 6.89. The standard InChI is InChI=1S/C31H28Cl2N6O2/c1-20(40)17-36-27-18-34-19-29(38-27)39-14-13-35-28(39)16-21-3-2-4-26(15-21)37-31(41)30(22-5-9-24(32)10-6-22)23-7-11-25(33)12-8-23/h2-15,18-20,30,40H,16-17H2,1H3,(H,36,38)(H,37,41)/t20-/m0/s1. The summed E-state index contributed by atoms with van der Waals surface area (Å²) >= 11 is 12.2. The van der Waals surface area contributed by atoms with Crippen LogP contribution in [0.4, 0.5) is 11.5 Å². The van der Waals surface area contributed by atoms with Crippen LogP contribution in [0.2, 0.25) is 10.0 Å². The Hall–Kier alpha value is -4.24. The van der Waals surface area contributed by atoms with Gasteiger partial charge >= 0.3 is 0 Å². The van der Waals surface area contributed by atoms with Gasteiger partial charge in [0, 0.05) is 41.1 Å². The van der Waals surface area contributed by atoms with Crippen LogP contribution in [-0.2, 0) is 11.2 Å². The Morgan fingerprint density at radius 3 is 2.32 bits per heavy atom. The molecule has 0 aliphatic rings. The van der Waals surface area contributed by atoms with Crippen LogP contribution in [0.3, 0.4) is 0 Å². The molecule has 3 aromatic carbocycles. The number of imidazole rings is 1. The molecule has 41 heavy (non-hydrogen) atoms. The fourth-order valence-electron chi connectivity index (χ4n) is 4.44. The molecule has 10 heteroatoms. The van der Waals surface area contributed by atoms with E-state index in [0.29, 0.717) is 40.3 Å². The lowest BCUT2D eigenvalue weighted by Gasteiger charge is -2.18. The van der Waals surface area contributed by atoms with Crippen molar-refractivity contribution in [3.8, 4) is 5.82 Å². The van der Waals surface area contributed by atoms with Gasteiger partial charge in [-0.05, 0) is 60.0 Å². The first-order chi connectivity index (χ1) is 19.9. The summed E-state index contributed by atoms with van der Waals surface area (Å²) in [5, 5.41) is 16.9. The highest BCUT2D eigenvalue weighted by molar-refractivity contribution is 6.30. The summed E-state index contributed by atoms with van der Waals surface area (Å²) in [7, 11) is 0. The predicted octanol–water partition coefficient (Wildman–Crippen LogP) is 6.12. The van der Waals surface area contributed by atoms with Crippen molar-refractivity contribution in [1.29, 1.82) is 0 Å². The van der Waals surface area contributed by atoms with Crippen molar-refractivity contribution in [2.24, 2.45) is 0 Å². The molecule has 8 nitrogen and oxygen atoms in total. The van der Waals surface area contributed by atoms with Crippen LogP contribution >= 0.6 is 23.2 Å². The number of nitrogens with one attached hydrogen (secondary N) is 2. The molecule has 0 unspecified atom stereocenters. The fourth-order valence-corrected chi connectivity index (χ4v) is 4.70. The number of aromatic nitrogens is 4. The van der Waals surface area contributed by atoms with E-state index >= 15 is 0 Å². The topological polar surface area (TPSA) is 105 Å². The molecule has 0 bridgehead atoms. The molecule has 1 atom stereocenters. The Morgan fingerprint density at radius 2 is 1.66 bits per heavy atom. The number of nitrogens with zero attached hydrogens (tertiary/aromatic N) is 4. The van der Waals surface area contributed by atoms with Crippen molar-refractivity contribution >= 4 is 40.6 Å². The van der Waals surface area contributed by atoms with Gasteiger partial charge in [-0.1, -0.05) is 59.6 Å².